The molecule has 0 radical (unpaired) electrons. The Balaban J connectivity index is 1.32. The summed E-state index contributed by atoms with van der Waals surface area (Å²) in [5.41, 5.74) is 7.37. The van der Waals surface area contributed by atoms with Crippen molar-refractivity contribution in [2.45, 2.75) is 0 Å². The van der Waals surface area contributed by atoms with E-state index < -0.39 is 0 Å². The van der Waals surface area contributed by atoms with Crippen molar-refractivity contribution in [3.63, 3.8) is 0 Å². The predicted octanol–water partition coefficient (Wildman–Crippen LogP) is 11.3. The fourth-order valence-electron chi connectivity index (χ4n) is 6.14. The van der Waals surface area contributed by atoms with Crippen LogP contribution in [0.4, 0.5) is 0 Å². The Morgan fingerprint density at radius 3 is 1.12 bits per heavy atom. The van der Waals surface area contributed by atoms with Crippen molar-refractivity contribution >= 4 is 43.1 Å². The van der Waals surface area contributed by atoms with Gasteiger partial charge in [0.25, 0.3) is 0 Å². The molecule has 0 heteroatoms. The van der Waals surface area contributed by atoms with E-state index >= 15 is 0 Å². The van der Waals surface area contributed by atoms with Crippen LogP contribution in [-0.4, -0.2) is 0 Å². The molecular formula is C40H26. The third-order valence-electron chi connectivity index (χ3n) is 8.20. The molecule has 8 rings (SSSR count). The minimum Gasteiger partial charge on any atom is -0.0622 e. The smallest absolute Gasteiger partial charge is 0.0105 e. The summed E-state index contributed by atoms with van der Waals surface area (Å²) in [5.74, 6) is 0. The summed E-state index contributed by atoms with van der Waals surface area (Å²) in [6.07, 6.45) is 0. The van der Waals surface area contributed by atoms with Crippen LogP contribution in [0.15, 0.2) is 158 Å². The Labute approximate surface area is 233 Å². The lowest BCUT2D eigenvalue weighted by atomic mass is 9.91. The molecule has 0 heterocycles. The van der Waals surface area contributed by atoms with Crippen molar-refractivity contribution in [2.75, 3.05) is 0 Å². The van der Waals surface area contributed by atoms with Gasteiger partial charge in [0.05, 0.1) is 0 Å². The topological polar surface area (TPSA) is 0 Å². The van der Waals surface area contributed by atoms with E-state index in [1.807, 2.05) is 0 Å². The number of hydrogen-bond acceptors (Lipinski definition) is 0. The van der Waals surface area contributed by atoms with E-state index in [-0.39, 0.29) is 0 Å². The molecule has 0 saturated carbocycles. The first-order valence-corrected chi connectivity index (χ1v) is 13.8. The second-order valence-corrected chi connectivity index (χ2v) is 10.6. The highest BCUT2D eigenvalue weighted by Crippen LogP contribution is 2.37. The van der Waals surface area contributed by atoms with Gasteiger partial charge in [-0.25, -0.2) is 0 Å². The maximum atomic E-state index is 2.34. The zero-order valence-corrected chi connectivity index (χ0v) is 22.0. The van der Waals surface area contributed by atoms with Crippen LogP contribution in [0.3, 0.4) is 0 Å². The van der Waals surface area contributed by atoms with Crippen molar-refractivity contribution < 1.29 is 0 Å². The molecular weight excluding hydrogens is 480 g/mol. The second-order valence-electron chi connectivity index (χ2n) is 10.6. The Morgan fingerprint density at radius 1 is 0.200 bits per heavy atom. The van der Waals surface area contributed by atoms with Crippen LogP contribution in [0.1, 0.15) is 0 Å². The third kappa shape index (κ3) is 3.85. The molecule has 0 aliphatic heterocycles. The lowest BCUT2D eigenvalue weighted by molar-refractivity contribution is 1.58. The molecule has 0 unspecified atom stereocenters. The fraction of sp³-hybridized carbons (Fsp3) is 0. The van der Waals surface area contributed by atoms with Gasteiger partial charge >= 0.3 is 0 Å². The first kappa shape index (κ1) is 22.8. The molecule has 0 aliphatic carbocycles. The van der Waals surface area contributed by atoms with Gasteiger partial charge in [0.2, 0.25) is 0 Å². The number of fused-ring (bicyclic) bond motifs is 6. The van der Waals surface area contributed by atoms with Crippen LogP contribution in [0.2, 0.25) is 0 Å². The molecule has 0 nitrogen and oxygen atoms in total. The maximum absolute atomic E-state index is 2.34. The quantitative estimate of drug-likeness (QED) is 0.209. The molecule has 0 bridgehead atoms. The van der Waals surface area contributed by atoms with Crippen LogP contribution in [0.5, 0.6) is 0 Å². The Hall–Kier alpha value is -5.20. The van der Waals surface area contributed by atoms with E-state index in [0.29, 0.717) is 0 Å². The monoisotopic (exact) mass is 506 g/mol. The highest BCUT2D eigenvalue weighted by molar-refractivity contribution is 6.09. The van der Waals surface area contributed by atoms with Crippen molar-refractivity contribution in [2.24, 2.45) is 0 Å². The van der Waals surface area contributed by atoms with Gasteiger partial charge in [-0.05, 0) is 107 Å². The van der Waals surface area contributed by atoms with Crippen LogP contribution >= 0.6 is 0 Å². The summed E-state index contributed by atoms with van der Waals surface area (Å²) in [7, 11) is 0. The lowest BCUT2D eigenvalue weighted by Crippen LogP contribution is -1.87. The van der Waals surface area contributed by atoms with Gasteiger partial charge in [0.1, 0.15) is 0 Å². The van der Waals surface area contributed by atoms with Gasteiger partial charge in [-0.3, -0.25) is 0 Å². The summed E-state index contributed by atoms with van der Waals surface area (Å²) in [5, 5.41) is 10.3. The number of hydrogen-bond donors (Lipinski definition) is 0. The van der Waals surface area contributed by atoms with E-state index in [9.17, 15) is 0 Å². The normalized spacial score (nSPS) is 11.5. The Kier molecular flexibility index (Phi) is 5.24. The van der Waals surface area contributed by atoms with E-state index in [4.69, 9.17) is 0 Å². The molecule has 8 aromatic rings. The Bertz CT molecular complexity index is 2070. The molecule has 0 N–H and O–H groups in total. The van der Waals surface area contributed by atoms with E-state index in [1.54, 1.807) is 0 Å². The average Bonchev–Trinajstić information content (AvgIpc) is 3.04. The fourth-order valence-corrected chi connectivity index (χ4v) is 6.14. The second kappa shape index (κ2) is 9.22. The van der Waals surface area contributed by atoms with Gasteiger partial charge in [-0.15, -0.1) is 0 Å². The van der Waals surface area contributed by atoms with E-state index in [2.05, 4.69) is 158 Å². The highest BCUT2D eigenvalue weighted by Gasteiger charge is 2.10. The summed E-state index contributed by atoms with van der Waals surface area (Å²) in [4.78, 5) is 0. The van der Waals surface area contributed by atoms with Crippen LogP contribution < -0.4 is 0 Å². The molecule has 8 aromatic carbocycles. The van der Waals surface area contributed by atoms with Gasteiger partial charge < -0.3 is 0 Å². The number of rotatable bonds is 3. The van der Waals surface area contributed by atoms with Crippen LogP contribution in [0, 0.1) is 0 Å². The van der Waals surface area contributed by atoms with Crippen molar-refractivity contribution in [1.29, 1.82) is 0 Å². The van der Waals surface area contributed by atoms with Gasteiger partial charge in [0, 0.05) is 0 Å². The van der Waals surface area contributed by atoms with Gasteiger partial charge in [-0.2, -0.15) is 0 Å². The van der Waals surface area contributed by atoms with Gasteiger partial charge in [-0.1, -0.05) is 127 Å². The maximum Gasteiger partial charge on any atom is -0.0105 e. The highest BCUT2D eigenvalue weighted by atomic mass is 14.1. The minimum atomic E-state index is 1.23. The zero-order chi connectivity index (χ0) is 26.5. The standard InChI is InChI=1S/C40H26/c1-2-8-27(9-3-1)34-24-35(30-18-20-39-32(22-30)16-14-28-10-4-6-12-37(28)39)26-36(25-34)31-19-21-40-33(23-31)17-15-29-11-5-7-13-38(29)40/h1-26H. The van der Waals surface area contributed by atoms with Crippen molar-refractivity contribution in [3.05, 3.63) is 158 Å². The van der Waals surface area contributed by atoms with Crippen molar-refractivity contribution in [3.8, 4) is 33.4 Å². The molecule has 0 aromatic heterocycles. The van der Waals surface area contributed by atoms with Gasteiger partial charge in [0.15, 0.2) is 0 Å². The largest absolute Gasteiger partial charge is 0.0622 e. The summed E-state index contributed by atoms with van der Waals surface area (Å²) in [6.45, 7) is 0. The predicted molar refractivity (Wildman–Crippen MR) is 173 cm³/mol. The molecule has 186 valence electrons. The molecule has 0 atom stereocenters. The van der Waals surface area contributed by atoms with E-state index in [1.165, 1.54) is 76.5 Å². The molecule has 0 amide bonds. The summed E-state index contributed by atoms with van der Waals surface area (Å²) < 4.78 is 0. The van der Waals surface area contributed by atoms with E-state index in [0.717, 1.165) is 0 Å². The van der Waals surface area contributed by atoms with Crippen LogP contribution in [-0.2, 0) is 0 Å². The first-order valence-electron chi connectivity index (χ1n) is 13.8. The summed E-state index contributed by atoms with van der Waals surface area (Å²) in [6, 6.07) is 57.7. The number of benzene rings is 8. The minimum absolute atomic E-state index is 1.23. The first-order chi connectivity index (χ1) is 19.8. The van der Waals surface area contributed by atoms with Crippen molar-refractivity contribution in [1.82, 2.24) is 0 Å². The average molecular weight is 507 g/mol. The third-order valence-corrected chi connectivity index (χ3v) is 8.20. The summed E-state index contributed by atoms with van der Waals surface area (Å²) >= 11 is 0. The Morgan fingerprint density at radius 2 is 0.600 bits per heavy atom. The molecule has 0 aliphatic rings. The van der Waals surface area contributed by atoms with Crippen LogP contribution in [0.25, 0.3) is 76.5 Å². The SMILES string of the molecule is c1ccc(-c2cc(-c3ccc4c(ccc5ccccc54)c3)cc(-c3ccc4c(ccc5ccccc54)c3)c2)cc1. The zero-order valence-electron chi connectivity index (χ0n) is 22.0. The molecule has 0 saturated heterocycles. The molecule has 40 heavy (non-hydrogen) atoms. The molecule has 0 spiro atoms. The molecule has 0 fully saturated rings. The lowest BCUT2D eigenvalue weighted by Gasteiger charge is -2.13.